The van der Waals surface area contributed by atoms with Crippen molar-refractivity contribution in [3.63, 3.8) is 0 Å². The Morgan fingerprint density at radius 1 is 1.24 bits per heavy atom. The number of aldehydes is 1. The van der Waals surface area contributed by atoms with Crippen molar-refractivity contribution in [3.05, 3.63) is 34.7 Å². The zero-order chi connectivity index (χ0) is 18.0. The minimum Gasteiger partial charge on any atom is -0.436 e. The second kappa shape index (κ2) is 6.87. The van der Waals surface area contributed by atoms with Crippen molar-refractivity contribution in [2.45, 2.75) is 33.7 Å². The summed E-state index contributed by atoms with van der Waals surface area (Å²) in [4.78, 5) is 19.1. The summed E-state index contributed by atoms with van der Waals surface area (Å²) >= 11 is 3.54. The van der Waals surface area contributed by atoms with Crippen LogP contribution in [-0.2, 0) is 17.8 Å². The monoisotopic (exact) mass is 403 g/mol. The zero-order valence-electron chi connectivity index (χ0n) is 14.2. The molecule has 7 nitrogen and oxygen atoms in total. The van der Waals surface area contributed by atoms with Crippen LogP contribution in [0.2, 0.25) is 0 Å². The summed E-state index contributed by atoms with van der Waals surface area (Å²) in [6, 6.07) is 3.74. The van der Waals surface area contributed by atoms with Crippen molar-refractivity contribution in [2.75, 3.05) is 0 Å². The van der Waals surface area contributed by atoms with Crippen LogP contribution in [0, 0.1) is 5.41 Å². The summed E-state index contributed by atoms with van der Waals surface area (Å²) < 4.78 is 8.42. The molecule has 0 amide bonds. The van der Waals surface area contributed by atoms with Gasteiger partial charge < -0.3 is 9.53 Å². The summed E-state index contributed by atoms with van der Waals surface area (Å²) in [5, 5.41) is 8.50. The van der Waals surface area contributed by atoms with Crippen LogP contribution in [0.25, 0.3) is 11.0 Å². The van der Waals surface area contributed by atoms with E-state index in [1.165, 1.54) is 12.4 Å². The molecule has 3 rings (SSSR count). The van der Waals surface area contributed by atoms with E-state index in [1.54, 1.807) is 0 Å². The second-order valence-corrected chi connectivity index (χ2v) is 7.63. The second-order valence-electron chi connectivity index (χ2n) is 6.83. The molecule has 8 heteroatoms. The van der Waals surface area contributed by atoms with Crippen molar-refractivity contribution in [1.82, 2.24) is 25.0 Å². The van der Waals surface area contributed by atoms with Gasteiger partial charge in [-0.1, -0.05) is 26.0 Å². The minimum absolute atomic E-state index is 0.0889. The number of carbonyl (C=O) groups is 1. The Labute approximate surface area is 153 Å². The third-order valence-corrected chi connectivity index (χ3v) is 4.20. The molecule has 0 bridgehead atoms. The average Bonchev–Trinajstić information content (AvgIpc) is 2.94. The third-order valence-electron chi connectivity index (χ3n) is 3.43. The molecular weight excluding hydrogens is 386 g/mol. The molecule has 0 saturated carbocycles. The lowest BCUT2D eigenvalue weighted by atomic mass is 9.97. The molecule has 130 valence electrons. The molecular formula is C17H18BrN5O2. The van der Waals surface area contributed by atoms with Crippen molar-refractivity contribution in [2.24, 2.45) is 5.41 Å². The van der Waals surface area contributed by atoms with Gasteiger partial charge in [0.05, 0.1) is 16.4 Å². The van der Waals surface area contributed by atoms with E-state index in [0.29, 0.717) is 27.3 Å². The Bertz CT molecular complexity index is 917. The van der Waals surface area contributed by atoms with Crippen LogP contribution in [0.1, 0.15) is 26.5 Å². The van der Waals surface area contributed by atoms with Gasteiger partial charge in [-0.3, -0.25) is 4.98 Å². The number of hydrogen-bond acceptors (Lipinski definition) is 6. The quantitative estimate of drug-likeness (QED) is 0.605. The molecule has 0 N–H and O–H groups in total. The first kappa shape index (κ1) is 17.5. The largest absolute Gasteiger partial charge is 0.436 e. The van der Waals surface area contributed by atoms with Crippen molar-refractivity contribution in [1.29, 1.82) is 0 Å². The maximum atomic E-state index is 10.8. The molecule has 3 aromatic rings. The van der Waals surface area contributed by atoms with E-state index in [4.69, 9.17) is 4.74 Å². The molecule has 0 aliphatic carbocycles. The Kier molecular flexibility index (Phi) is 4.80. The maximum Gasteiger partial charge on any atom is 0.241 e. The van der Waals surface area contributed by atoms with Gasteiger partial charge in [0, 0.05) is 18.9 Å². The molecule has 2 heterocycles. The highest BCUT2D eigenvalue weighted by molar-refractivity contribution is 9.10. The van der Waals surface area contributed by atoms with Crippen LogP contribution in [0.15, 0.2) is 29.0 Å². The molecule has 0 unspecified atom stereocenters. The Morgan fingerprint density at radius 2 is 2.00 bits per heavy atom. The lowest BCUT2D eigenvalue weighted by molar-refractivity contribution is -0.107. The summed E-state index contributed by atoms with van der Waals surface area (Å²) in [5.74, 6) is 0.847. The molecule has 2 aromatic heterocycles. The highest BCUT2D eigenvalue weighted by Gasteiger charge is 2.18. The van der Waals surface area contributed by atoms with E-state index in [-0.39, 0.29) is 11.8 Å². The van der Waals surface area contributed by atoms with E-state index >= 15 is 0 Å². The molecule has 0 saturated heterocycles. The van der Waals surface area contributed by atoms with Gasteiger partial charge in [0.2, 0.25) is 5.88 Å². The summed E-state index contributed by atoms with van der Waals surface area (Å²) in [5.41, 5.74) is 2.20. The molecule has 1 aromatic carbocycles. The molecule has 0 spiro atoms. The fourth-order valence-corrected chi connectivity index (χ4v) is 2.89. The van der Waals surface area contributed by atoms with E-state index in [1.807, 2.05) is 16.8 Å². The topological polar surface area (TPSA) is 82.8 Å². The van der Waals surface area contributed by atoms with E-state index in [0.717, 1.165) is 18.3 Å². The normalized spacial score (nSPS) is 11.7. The first-order valence-electron chi connectivity index (χ1n) is 7.82. The first-order chi connectivity index (χ1) is 11.9. The SMILES string of the molecule is CC(C)(C)Cn1nnc2c(Br)c(Oc3nccnc3CC=O)ccc21. The summed E-state index contributed by atoms with van der Waals surface area (Å²) in [7, 11) is 0. The number of ether oxygens (including phenoxy) is 1. The highest BCUT2D eigenvalue weighted by Crippen LogP contribution is 2.35. The predicted molar refractivity (Wildman–Crippen MR) is 96.6 cm³/mol. The maximum absolute atomic E-state index is 10.8. The van der Waals surface area contributed by atoms with Gasteiger partial charge >= 0.3 is 0 Å². The summed E-state index contributed by atoms with van der Waals surface area (Å²) in [6.45, 7) is 7.20. The third kappa shape index (κ3) is 3.84. The van der Waals surface area contributed by atoms with Gasteiger partial charge in [-0.15, -0.1) is 5.10 Å². The van der Waals surface area contributed by atoms with E-state index in [2.05, 4.69) is 57.0 Å². The van der Waals surface area contributed by atoms with Crippen LogP contribution in [0.3, 0.4) is 0 Å². The number of benzene rings is 1. The van der Waals surface area contributed by atoms with Gasteiger partial charge in [0.25, 0.3) is 0 Å². The number of carbonyl (C=O) groups excluding carboxylic acids is 1. The van der Waals surface area contributed by atoms with Gasteiger partial charge in [0.15, 0.2) is 0 Å². The zero-order valence-corrected chi connectivity index (χ0v) is 15.8. The smallest absolute Gasteiger partial charge is 0.241 e. The standard InChI is InChI=1S/C17H18BrN5O2/c1-17(2,3)10-23-12-4-5-13(14(18)15(12)21-22-23)25-16-11(6-9-24)19-7-8-20-16/h4-5,7-9H,6,10H2,1-3H3. The molecule has 0 fully saturated rings. The first-order valence-corrected chi connectivity index (χ1v) is 8.61. The van der Waals surface area contributed by atoms with Gasteiger partial charge in [-0.2, -0.15) is 0 Å². The van der Waals surface area contributed by atoms with E-state index in [9.17, 15) is 4.79 Å². The summed E-state index contributed by atoms with van der Waals surface area (Å²) in [6.07, 6.45) is 3.97. The van der Waals surface area contributed by atoms with Gasteiger partial charge in [0.1, 0.15) is 23.2 Å². The van der Waals surface area contributed by atoms with Crippen LogP contribution in [0.5, 0.6) is 11.6 Å². The van der Waals surface area contributed by atoms with Crippen molar-refractivity contribution in [3.8, 4) is 11.6 Å². The van der Waals surface area contributed by atoms with Gasteiger partial charge in [-0.25, -0.2) is 9.67 Å². The minimum atomic E-state index is 0.0889. The molecule has 25 heavy (non-hydrogen) atoms. The molecule has 0 atom stereocenters. The lowest BCUT2D eigenvalue weighted by Crippen LogP contribution is -2.16. The number of nitrogens with zero attached hydrogens (tertiary/aromatic N) is 5. The number of aromatic nitrogens is 5. The van der Waals surface area contributed by atoms with Crippen LogP contribution < -0.4 is 4.74 Å². The van der Waals surface area contributed by atoms with Crippen LogP contribution in [-0.4, -0.2) is 31.2 Å². The van der Waals surface area contributed by atoms with Crippen molar-refractivity contribution >= 4 is 33.2 Å². The number of rotatable bonds is 5. The molecule has 0 aliphatic heterocycles. The molecule has 0 aliphatic rings. The Hall–Kier alpha value is -2.35. The van der Waals surface area contributed by atoms with Crippen LogP contribution >= 0.6 is 15.9 Å². The fraction of sp³-hybridized carbons (Fsp3) is 0.353. The van der Waals surface area contributed by atoms with Gasteiger partial charge in [-0.05, 0) is 33.5 Å². The average molecular weight is 404 g/mol. The number of hydrogen-bond donors (Lipinski definition) is 0. The molecule has 0 radical (unpaired) electrons. The highest BCUT2D eigenvalue weighted by atomic mass is 79.9. The Morgan fingerprint density at radius 3 is 2.72 bits per heavy atom. The predicted octanol–water partition coefficient (Wildman–Crippen LogP) is 3.56. The lowest BCUT2D eigenvalue weighted by Gasteiger charge is -2.18. The van der Waals surface area contributed by atoms with E-state index < -0.39 is 0 Å². The fourth-order valence-electron chi connectivity index (χ4n) is 2.39. The van der Waals surface area contributed by atoms with Crippen LogP contribution in [0.4, 0.5) is 0 Å². The van der Waals surface area contributed by atoms with Crippen molar-refractivity contribution < 1.29 is 9.53 Å². The number of fused-ring (bicyclic) bond motifs is 1. The Balaban J connectivity index is 1.97. The number of halogens is 1.